The Morgan fingerprint density at radius 2 is 2.18 bits per heavy atom. The van der Waals surface area contributed by atoms with Crippen molar-refractivity contribution in [2.45, 2.75) is 30.4 Å². The fourth-order valence-corrected chi connectivity index (χ4v) is 2.88. The topological polar surface area (TPSA) is 52.5 Å². The summed E-state index contributed by atoms with van der Waals surface area (Å²) < 4.78 is 0. The fraction of sp³-hybridized carbons (Fsp3) is 1.00. The van der Waals surface area contributed by atoms with Crippen LogP contribution in [-0.2, 0) is 0 Å². The third-order valence-corrected chi connectivity index (χ3v) is 3.80. The molecule has 0 aromatic rings. The second-order valence-corrected chi connectivity index (χ2v) is 4.08. The van der Waals surface area contributed by atoms with Crippen molar-refractivity contribution in [3.63, 3.8) is 0 Å². The van der Waals surface area contributed by atoms with Gasteiger partial charge in [-0.1, -0.05) is 0 Å². The SMILES string of the molecule is ONC1(O)C2CCC(C2)C1Cl. The zero-order valence-corrected chi connectivity index (χ0v) is 6.88. The van der Waals surface area contributed by atoms with Crippen molar-refractivity contribution in [2.75, 3.05) is 0 Å². The Balaban J connectivity index is 2.23. The summed E-state index contributed by atoms with van der Waals surface area (Å²) in [6.45, 7) is 0. The van der Waals surface area contributed by atoms with E-state index in [1.54, 1.807) is 0 Å². The van der Waals surface area contributed by atoms with Crippen LogP contribution >= 0.6 is 11.6 Å². The molecule has 0 aromatic carbocycles. The Morgan fingerprint density at radius 3 is 2.55 bits per heavy atom. The van der Waals surface area contributed by atoms with Crippen molar-refractivity contribution in [1.29, 1.82) is 0 Å². The molecule has 3 nitrogen and oxygen atoms in total. The number of rotatable bonds is 1. The minimum Gasteiger partial charge on any atom is -0.372 e. The lowest BCUT2D eigenvalue weighted by molar-refractivity contribution is -0.123. The molecular formula is C7H12ClNO2. The molecule has 2 aliphatic rings. The summed E-state index contributed by atoms with van der Waals surface area (Å²) >= 11 is 5.94. The molecule has 2 bridgehead atoms. The molecule has 4 unspecified atom stereocenters. The maximum absolute atomic E-state index is 9.77. The molecule has 0 saturated heterocycles. The van der Waals surface area contributed by atoms with Crippen molar-refractivity contribution in [3.8, 4) is 0 Å². The summed E-state index contributed by atoms with van der Waals surface area (Å²) in [5.41, 5.74) is 0.727. The molecule has 11 heavy (non-hydrogen) atoms. The number of fused-ring (bicyclic) bond motifs is 2. The van der Waals surface area contributed by atoms with E-state index in [9.17, 15) is 5.11 Å². The zero-order valence-electron chi connectivity index (χ0n) is 6.13. The summed E-state index contributed by atoms with van der Waals surface area (Å²) in [4.78, 5) is 0. The van der Waals surface area contributed by atoms with Gasteiger partial charge in [0.25, 0.3) is 0 Å². The normalized spacial score (nSPS) is 55.4. The Bertz CT molecular complexity index is 174. The van der Waals surface area contributed by atoms with Gasteiger partial charge in [0.1, 0.15) is 0 Å². The van der Waals surface area contributed by atoms with Crippen LogP contribution in [0.25, 0.3) is 0 Å². The monoisotopic (exact) mass is 177 g/mol. The molecule has 0 spiro atoms. The number of hydrogen-bond donors (Lipinski definition) is 3. The van der Waals surface area contributed by atoms with Gasteiger partial charge in [0, 0.05) is 5.92 Å². The van der Waals surface area contributed by atoms with E-state index in [1.165, 1.54) is 0 Å². The Kier molecular flexibility index (Phi) is 1.65. The molecule has 0 aliphatic heterocycles. The first kappa shape index (κ1) is 7.80. The van der Waals surface area contributed by atoms with Gasteiger partial charge in [-0.25, -0.2) is 0 Å². The first-order chi connectivity index (χ1) is 5.18. The van der Waals surface area contributed by atoms with Crippen LogP contribution in [0.3, 0.4) is 0 Å². The van der Waals surface area contributed by atoms with Crippen LogP contribution in [0.1, 0.15) is 19.3 Å². The highest BCUT2D eigenvalue weighted by Crippen LogP contribution is 2.51. The third kappa shape index (κ3) is 0.855. The summed E-state index contributed by atoms with van der Waals surface area (Å²) in [5, 5.41) is 18.2. The van der Waals surface area contributed by atoms with Crippen LogP contribution in [-0.4, -0.2) is 21.4 Å². The maximum Gasteiger partial charge on any atom is 0.156 e. The summed E-state index contributed by atoms with van der Waals surface area (Å²) in [6.07, 6.45) is 3.00. The second-order valence-electron chi connectivity index (χ2n) is 3.61. The molecule has 0 radical (unpaired) electrons. The van der Waals surface area contributed by atoms with E-state index in [1.807, 2.05) is 5.48 Å². The van der Waals surface area contributed by atoms with E-state index >= 15 is 0 Å². The molecule has 0 amide bonds. The highest BCUT2D eigenvalue weighted by atomic mass is 35.5. The summed E-state index contributed by atoms with van der Waals surface area (Å²) in [6, 6.07) is 0. The second kappa shape index (κ2) is 2.33. The molecular weight excluding hydrogens is 166 g/mol. The first-order valence-corrected chi connectivity index (χ1v) is 4.40. The minimum absolute atomic E-state index is 0.139. The van der Waals surface area contributed by atoms with Crippen LogP contribution in [0.4, 0.5) is 0 Å². The lowest BCUT2D eigenvalue weighted by atomic mass is 9.92. The van der Waals surface area contributed by atoms with Gasteiger partial charge in [-0.3, -0.25) is 0 Å². The van der Waals surface area contributed by atoms with Gasteiger partial charge in [-0.2, -0.15) is 5.48 Å². The standard InChI is InChI=1S/C7H12ClNO2/c8-6-4-1-2-5(3-4)7(6,10)9-11/h4-6,9-11H,1-3H2. The molecule has 64 valence electrons. The molecule has 4 heteroatoms. The number of hydroxylamine groups is 1. The fourth-order valence-electron chi connectivity index (χ4n) is 2.42. The Hall–Kier alpha value is 0.170. The number of nitrogens with one attached hydrogen (secondary N) is 1. The van der Waals surface area contributed by atoms with Crippen LogP contribution in [0.2, 0.25) is 0 Å². The van der Waals surface area contributed by atoms with E-state index < -0.39 is 5.72 Å². The third-order valence-electron chi connectivity index (χ3n) is 3.11. The zero-order chi connectivity index (χ0) is 8.06. The molecule has 2 fully saturated rings. The van der Waals surface area contributed by atoms with E-state index in [0.717, 1.165) is 19.3 Å². The molecule has 0 aromatic heterocycles. The van der Waals surface area contributed by atoms with E-state index in [-0.39, 0.29) is 11.3 Å². The van der Waals surface area contributed by atoms with Gasteiger partial charge >= 0.3 is 0 Å². The van der Waals surface area contributed by atoms with Gasteiger partial charge < -0.3 is 10.3 Å². The average Bonchev–Trinajstić information content (AvgIpc) is 2.56. The lowest BCUT2D eigenvalue weighted by Gasteiger charge is -2.34. The Labute approximate surface area is 70.3 Å². The highest BCUT2D eigenvalue weighted by molar-refractivity contribution is 6.21. The first-order valence-electron chi connectivity index (χ1n) is 3.96. The van der Waals surface area contributed by atoms with Gasteiger partial charge in [-0.15, -0.1) is 11.6 Å². The van der Waals surface area contributed by atoms with E-state index in [2.05, 4.69) is 0 Å². The molecule has 3 N–H and O–H groups in total. The molecule has 2 aliphatic carbocycles. The number of aliphatic hydroxyl groups is 1. The van der Waals surface area contributed by atoms with Crippen LogP contribution in [0, 0.1) is 11.8 Å². The van der Waals surface area contributed by atoms with Crippen molar-refractivity contribution < 1.29 is 10.3 Å². The van der Waals surface area contributed by atoms with Gasteiger partial charge in [0.05, 0.1) is 5.38 Å². The van der Waals surface area contributed by atoms with Gasteiger partial charge in [0.2, 0.25) is 0 Å². The summed E-state index contributed by atoms with van der Waals surface area (Å²) in [5.74, 6) is 0.520. The smallest absolute Gasteiger partial charge is 0.156 e. The largest absolute Gasteiger partial charge is 0.372 e. The lowest BCUT2D eigenvalue weighted by Crippen LogP contribution is -2.54. The van der Waals surface area contributed by atoms with Gasteiger partial charge in [-0.05, 0) is 25.2 Å². The molecule has 4 atom stereocenters. The van der Waals surface area contributed by atoms with Gasteiger partial charge in [0.15, 0.2) is 5.72 Å². The Morgan fingerprint density at radius 1 is 1.45 bits per heavy atom. The van der Waals surface area contributed by atoms with E-state index in [0.29, 0.717) is 5.92 Å². The van der Waals surface area contributed by atoms with Crippen molar-refractivity contribution in [3.05, 3.63) is 0 Å². The molecule has 2 saturated carbocycles. The predicted octanol–water partition coefficient (Wildman–Crippen LogP) is 0.691. The number of halogens is 1. The number of alkyl halides is 1. The van der Waals surface area contributed by atoms with Crippen LogP contribution in [0.5, 0.6) is 0 Å². The highest BCUT2D eigenvalue weighted by Gasteiger charge is 2.56. The maximum atomic E-state index is 9.77. The minimum atomic E-state index is -1.22. The average molecular weight is 178 g/mol. The summed E-state index contributed by atoms with van der Waals surface area (Å²) in [7, 11) is 0. The van der Waals surface area contributed by atoms with Crippen molar-refractivity contribution in [2.24, 2.45) is 11.8 Å². The van der Waals surface area contributed by atoms with Crippen LogP contribution in [0.15, 0.2) is 0 Å². The van der Waals surface area contributed by atoms with Crippen molar-refractivity contribution in [1.82, 2.24) is 5.48 Å². The molecule has 0 heterocycles. The van der Waals surface area contributed by atoms with Crippen molar-refractivity contribution >= 4 is 11.6 Å². The number of hydrogen-bond acceptors (Lipinski definition) is 3. The van der Waals surface area contributed by atoms with Crippen LogP contribution < -0.4 is 5.48 Å². The van der Waals surface area contributed by atoms with E-state index in [4.69, 9.17) is 16.8 Å². The molecule has 2 rings (SSSR count). The quantitative estimate of drug-likeness (QED) is 0.314. The predicted molar refractivity (Wildman–Crippen MR) is 40.3 cm³/mol.